The van der Waals surface area contributed by atoms with E-state index in [0.29, 0.717) is 17.0 Å². The van der Waals surface area contributed by atoms with Crippen molar-refractivity contribution in [2.24, 2.45) is 0 Å². The van der Waals surface area contributed by atoms with Gasteiger partial charge in [0.05, 0.1) is 47.9 Å². The maximum absolute atomic E-state index is 12.9. The predicted octanol–water partition coefficient (Wildman–Crippen LogP) is 2.23. The fourth-order valence-corrected chi connectivity index (χ4v) is 3.85. The highest BCUT2D eigenvalue weighted by atomic mass is 35.5. The summed E-state index contributed by atoms with van der Waals surface area (Å²) in [5.41, 5.74) is 1.89. The number of carboxylic acid groups (broad SMARTS) is 1. The van der Waals surface area contributed by atoms with Gasteiger partial charge >= 0.3 is 11.9 Å². The summed E-state index contributed by atoms with van der Waals surface area (Å²) in [5.74, 6) is -3.35. The molecule has 9 nitrogen and oxygen atoms in total. The van der Waals surface area contributed by atoms with Gasteiger partial charge in [-0.15, -0.1) is 0 Å². The Labute approximate surface area is 197 Å². The zero-order valence-corrected chi connectivity index (χ0v) is 20.0. The first-order valence-electron chi connectivity index (χ1n) is 10.5. The highest BCUT2D eigenvalue weighted by Crippen LogP contribution is 2.45. The molecule has 1 aliphatic heterocycles. The van der Waals surface area contributed by atoms with Gasteiger partial charge in [0.1, 0.15) is 6.61 Å². The minimum atomic E-state index is -1.43. The summed E-state index contributed by atoms with van der Waals surface area (Å²) in [6.45, 7) is 8.27. The van der Waals surface area contributed by atoms with Crippen molar-refractivity contribution < 1.29 is 38.4 Å². The number of nitrogens with one attached hydrogen (secondary N) is 1. The van der Waals surface area contributed by atoms with E-state index in [-0.39, 0.29) is 47.5 Å². The van der Waals surface area contributed by atoms with Gasteiger partial charge in [-0.2, -0.15) is 0 Å². The number of carbonyl (C=O) groups excluding carboxylic acids is 3. The molecule has 1 N–H and O–H groups in total. The van der Waals surface area contributed by atoms with Crippen LogP contribution < -0.4 is 19.9 Å². The van der Waals surface area contributed by atoms with Crippen molar-refractivity contribution in [2.75, 3.05) is 26.4 Å². The van der Waals surface area contributed by atoms with Crippen LogP contribution in [0.3, 0.4) is 0 Å². The smallest absolute Gasteiger partial charge is 0.336 e. The number of carboxylic acids is 1. The van der Waals surface area contributed by atoms with Gasteiger partial charge in [-0.1, -0.05) is 11.6 Å². The van der Waals surface area contributed by atoms with Gasteiger partial charge in [0.2, 0.25) is 0 Å². The molecule has 0 aromatic heterocycles. The van der Waals surface area contributed by atoms with Crippen LogP contribution in [0.4, 0.5) is 0 Å². The third kappa shape index (κ3) is 5.98. The van der Waals surface area contributed by atoms with E-state index in [4.69, 9.17) is 30.5 Å². The van der Waals surface area contributed by atoms with Crippen LogP contribution in [0.25, 0.3) is 0 Å². The normalized spacial score (nSPS) is 14.0. The molecule has 1 heterocycles. The first-order valence-corrected chi connectivity index (χ1v) is 10.9. The van der Waals surface area contributed by atoms with Crippen LogP contribution in [0, 0.1) is 0 Å². The van der Waals surface area contributed by atoms with Gasteiger partial charge in [-0.05, 0) is 52.3 Å². The number of allylic oxidation sites excluding steroid dienone is 2. The number of halogens is 1. The molecule has 0 spiro atoms. The molecule has 1 aromatic rings. The standard InChI is InChI=1S/C23H28ClNO8/c1-6-30-16-10-14(9-15(24)21(16)33-11-17(26)27)20-18(22(28)31-7-2)12(4)25-13(5)19(20)23(29)32-8-3/h9-10,20,25H,6-8,11H2,1-5H3,(H,26,27)/p-1. The molecule has 0 atom stereocenters. The zero-order chi connectivity index (χ0) is 24.7. The van der Waals surface area contributed by atoms with E-state index in [1.807, 2.05) is 0 Å². The average molecular weight is 481 g/mol. The average Bonchev–Trinajstić information content (AvgIpc) is 2.72. The number of dihydropyridines is 1. The van der Waals surface area contributed by atoms with Gasteiger partial charge < -0.3 is 34.2 Å². The molecule has 1 aromatic carbocycles. The van der Waals surface area contributed by atoms with Crippen molar-refractivity contribution in [3.63, 3.8) is 0 Å². The molecule has 2 rings (SSSR count). The minimum Gasteiger partial charge on any atom is -0.546 e. The fraction of sp³-hybridized carbons (Fsp3) is 0.435. The maximum atomic E-state index is 12.9. The number of esters is 2. The Kier molecular flexibility index (Phi) is 9.16. The first kappa shape index (κ1) is 26.1. The van der Waals surface area contributed by atoms with Crippen molar-refractivity contribution in [1.29, 1.82) is 0 Å². The second kappa shape index (κ2) is 11.6. The molecule has 33 heavy (non-hydrogen) atoms. The summed E-state index contributed by atoms with van der Waals surface area (Å²) in [7, 11) is 0. The molecule has 1 aliphatic rings. The highest BCUT2D eigenvalue weighted by Gasteiger charge is 2.38. The third-order valence-corrected chi connectivity index (χ3v) is 5.03. The predicted molar refractivity (Wildman–Crippen MR) is 118 cm³/mol. The van der Waals surface area contributed by atoms with Gasteiger partial charge in [0.15, 0.2) is 11.5 Å². The summed E-state index contributed by atoms with van der Waals surface area (Å²) in [4.78, 5) is 36.7. The van der Waals surface area contributed by atoms with E-state index in [0.717, 1.165) is 0 Å². The Morgan fingerprint density at radius 2 is 1.48 bits per heavy atom. The van der Waals surface area contributed by atoms with E-state index in [1.165, 1.54) is 6.07 Å². The number of ether oxygens (including phenoxy) is 4. The van der Waals surface area contributed by atoms with Crippen LogP contribution >= 0.6 is 11.6 Å². The number of rotatable bonds is 10. The second-order valence-corrected chi connectivity index (χ2v) is 7.41. The molecule has 0 saturated heterocycles. The van der Waals surface area contributed by atoms with E-state index < -0.39 is 30.4 Å². The van der Waals surface area contributed by atoms with Crippen LogP contribution in [-0.4, -0.2) is 44.3 Å². The third-order valence-electron chi connectivity index (χ3n) is 4.75. The molecule has 0 fully saturated rings. The second-order valence-electron chi connectivity index (χ2n) is 7.00. The molecule has 0 unspecified atom stereocenters. The number of hydrogen-bond donors (Lipinski definition) is 1. The van der Waals surface area contributed by atoms with Gasteiger partial charge in [0.25, 0.3) is 0 Å². The SMILES string of the molecule is CCOC(=O)C1=C(C)NC(C)=C(C(=O)OCC)C1c1cc(Cl)c(OCC(=O)[O-])c(OCC)c1. The summed E-state index contributed by atoms with van der Waals surface area (Å²) in [6, 6.07) is 3.04. The van der Waals surface area contributed by atoms with Gasteiger partial charge in [0, 0.05) is 11.4 Å². The first-order chi connectivity index (χ1) is 15.7. The summed E-state index contributed by atoms with van der Waals surface area (Å²) < 4.78 is 21.4. The van der Waals surface area contributed by atoms with E-state index in [1.54, 1.807) is 40.7 Å². The fourth-order valence-electron chi connectivity index (χ4n) is 3.57. The highest BCUT2D eigenvalue weighted by molar-refractivity contribution is 6.32. The Bertz CT molecular complexity index is 958. The van der Waals surface area contributed by atoms with Crippen molar-refractivity contribution in [1.82, 2.24) is 5.32 Å². The van der Waals surface area contributed by atoms with Gasteiger partial charge in [-0.25, -0.2) is 9.59 Å². The Hall–Kier alpha value is -3.20. The molecule has 180 valence electrons. The zero-order valence-electron chi connectivity index (χ0n) is 19.2. The molecule has 10 heteroatoms. The number of hydrogen-bond acceptors (Lipinski definition) is 9. The lowest BCUT2D eigenvalue weighted by Gasteiger charge is -2.31. The quantitative estimate of drug-likeness (QED) is 0.502. The van der Waals surface area contributed by atoms with E-state index in [2.05, 4.69) is 5.32 Å². The van der Waals surface area contributed by atoms with Crippen molar-refractivity contribution in [3.05, 3.63) is 45.3 Å². The van der Waals surface area contributed by atoms with Gasteiger partial charge in [-0.3, -0.25) is 0 Å². The number of aliphatic carboxylic acids is 1. The maximum Gasteiger partial charge on any atom is 0.336 e. The molecular formula is C23H27ClNO8-. The van der Waals surface area contributed by atoms with Crippen LogP contribution in [0.15, 0.2) is 34.7 Å². The Morgan fingerprint density at radius 3 is 1.94 bits per heavy atom. The summed E-state index contributed by atoms with van der Waals surface area (Å²) >= 11 is 6.42. The lowest BCUT2D eigenvalue weighted by atomic mass is 9.80. The summed E-state index contributed by atoms with van der Waals surface area (Å²) in [6.07, 6.45) is 0. The van der Waals surface area contributed by atoms with Crippen molar-refractivity contribution in [3.8, 4) is 11.5 Å². The van der Waals surface area contributed by atoms with E-state index in [9.17, 15) is 19.5 Å². The largest absolute Gasteiger partial charge is 0.546 e. The molecule has 0 aliphatic carbocycles. The molecular weight excluding hydrogens is 454 g/mol. The number of carbonyl (C=O) groups is 3. The topological polar surface area (TPSA) is 123 Å². The Balaban J connectivity index is 2.73. The van der Waals surface area contributed by atoms with Crippen LogP contribution in [0.2, 0.25) is 5.02 Å². The van der Waals surface area contributed by atoms with Crippen LogP contribution in [-0.2, 0) is 23.9 Å². The van der Waals surface area contributed by atoms with E-state index >= 15 is 0 Å². The number of benzene rings is 1. The molecule has 0 amide bonds. The molecule has 0 radical (unpaired) electrons. The molecule has 0 saturated carbocycles. The van der Waals surface area contributed by atoms with Crippen LogP contribution in [0.1, 0.15) is 46.1 Å². The Morgan fingerprint density at radius 1 is 0.939 bits per heavy atom. The minimum absolute atomic E-state index is 0.0113. The monoisotopic (exact) mass is 480 g/mol. The van der Waals surface area contributed by atoms with Crippen molar-refractivity contribution in [2.45, 2.75) is 40.5 Å². The molecule has 0 bridgehead atoms. The van der Waals surface area contributed by atoms with Crippen LogP contribution in [0.5, 0.6) is 11.5 Å². The van der Waals surface area contributed by atoms with Crippen molar-refractivity contribution >= 4 is 29.5 Å². The lowest BCUT2D eigenvalue weighted by molar-refractivity contribution is -0.307. The lowest BCUT2D eigenvalue weighted by Crippen LogP contribution is -2.32. The summed E-state index contributed by atoms with van der Waals surface area (Å²) in [5, 5.41) is 13.9.